The van der Waals surface area contributed by atoms with E-state index in [4.69, 9.17) is 11.2 Å². The molecule has 0 unspecified atom stereocenters. The van der Waals surface area contributed by atoms with E-state index in [0.29, 0.717) is 30.7 Å². The van der Waals surface area contributed by atoms with E-state index < -0.39 is 5.66 Å². The lowest BCUT2D eigenvalue weighted by molar-refractivity contribution is 0.0950. The summed E-state index contributed by atoms with van der Waals surface area (Å²) in [6.45, 7) is 0.468. The van der Waals surface area contributed by atoms with E-state index in [2.05, 4.69) is 26.4 Å². The molecular formula is C18H18N4O2. The van der Waals surface area contributed by atoms with E-state index in [1.165, 1.54) is 7.11 Å². The summed E-state index contributed by atoms with van der Waals surface area (Å²) in [7, 11) is 1.53. The van der Waals surface area contributed by atoms with Crippen molar-refractivity contribution in [1.82, 2.24) is 10.3 Å². The average Bonchev–Trinajstić information content (AvgIpc) is 3.38. The van der Waals surface area contributed by atoms with Crippen LogP contribution in [0.25, 0.3) is 10.9 Å². The Labute approximate surface area is 140 Å². The zero-order valence-electron chi connectivity index (χ0n) is 13.5. The SMILES string of the molecule is C#CCCC1(CCNC(=O)c2c(OC)cnc3ccccc23)N=N1. The van der Waals surface area contributed by atoms with E-state index >= 15 is 0 Å². The van der Waals surface area contributed by atoms with Crippen LogP contribution in [0, 0.1) is 12.3 Å². The first-order valence-electron chi connectivity index (χ1n) is 7.76. The van der Waals surface area contributed by atoms with Gasteiger partial charge in [0.2, 0.25) is 0 Å². The molecule has 1 N–H and O–H groups in total. The molecule has 2 aromatic rings. The molecular weight excluding hydrogens is 304 g/mol. The number of fused-ring (bicyclic) bond motifs is 1. The Hall–Kier alpha value is -2.94. The first-order chi connectivity index (χ1) is 11.7. The molecule has 0 saturated carbocycles. The van der Waals surface area contributed by atoms with Gasteiger partial charge in [0, 0.05) is 31.2 Å². The number of carbonyl (C=O) groups excluding carboxylic acids is 1. The molecule has 2 heterocycles. The summed E-state index contributed by atoms with van der Waals surface area (Å²) < 4.78 is 5.30. The first-order valence-corrected chi connectivity index (χ1v) is 7.76. The number of terminal acetylenes is 1. The minimum absolute atomic E-state index is 0.196. The van der Waals surface area contributed by atoms with E-state index in [0.717, 1.165) is 17.3 Å². The van der Waals surface area contributed by atoms with E-state index in [1.54, 1.807) is 6.20 Å². The third-order valence-corrected chi connectivity index (χ3v) is 4.05. The number of nitrogens with one attached hydrogen (secondary N) is 1. The molecule has 1 aliphatic rings. The predicted octanol–water partition coefficient (Wildman–Crippen LogP) is 2.94. The highest BCUT2D eigenvalue weighted by Crippen LogP contribution is 2.36. The van der Waals surface area contributed by atoms with Crippen molar-refractivity contribution in [3.8, 4) is 18.1 Å². The topological polar surface area (TPSA) is 75.9 Å². The van der Waals surface area contributed by atoms with Crippen LogP contribution >= 0.6 is 0 Å². The molecule has 0 radical (unpaired) electrons. The van der Waals surface area contributed by atoms with Crippen LogP contribution in [0.15, 0.2) is 40.7 Å². The van der Waals surface area contributed by atoms with Crippen molar-refractivity contribution >= 4 is 16.8 Å². The molecule has 6 nitrogen and oxygen atoms in total. The van der Waals surface area contributed by atoms with Gasteiger partial charge in [-0.1, -0.05) is 18.2 Å². The van der Waals surface area contributed by atoms with Crippen LogP contribution in [-0.2, 0) is 0 Å². The normalized spacial score (nSPS) is 14.2. The second kappa shape index (κ2) is 6.67. The summed E-state index contributed by atoms with van der Waals surface area (Å²) in [5, 5.41) is 11.8. The van der Waals surface area contributed by atoms with Crippen LogP contribution < -0.4 is 10.1 Å². The molecule has 0 bridgehead atoms. The fourth-order valence-corrected chi connectivity index (χ4v) is 2.64. The molecule has 1 aliphatic heterocycles. The van der Waals surface area contributed by atoms with Crippen LogP contribution in [0.1, 0.15) is 29.6 Å². The van der Waals surface area contributed by atoms with Gasteiger partial charge in [0.1, 0.15) is 0 Å². The maximum Gasteiger partial charge on any atom is 0.255 e. The molecule has 0 atom stereocenters. The number of amides is 1. The van der Waals surface area contributed by atoms with Crippen molar-refractivity contribution < 1.29 is 9.53 Å². The number of pyridine rings is 1. The Morgan fingerprint density at radius 3 is 2.83 bits per heavy atom. The third kappa shape index (κ3) is 3.20. The maximum atomic E-state index is 12.6. The van der Waals surface area contributed by atoms with Gasteiger partial charge in [-0.05, 0) is 6.07 Å². The van der Waals surface area contributed by atoms with Gasteiger partial charge in [-0.3, -0.25) is 9.78 Å². The van der Waals surface area contributed by atoms with Crippen LogP contribution in [0.2, 0.25) is 0 Å². The summed E-state index contributed by atoms with van der Waals surface area (Å²) >= 11 is 0. The summed E-state index contributed by atoms with van der Waals surface area (Å²) in [5.41, 5.74) is 0.843. The molecule has 122 valence electrons. The molecule has 0 aliphatic carbocycles. The number of benzene rings is 1. The zero-order chi connectivity index (χ0) is 17.0. The average molecular weight is 322 g/mol. The third-order valence-electron chi connectivity index (χ3n) is 4.05. The second-order valence-electron chi connectivity index (χ2n) is 5.61. The molecule has 24 heavy (non-hydrogen) atoms. The molecule has 0 saturated heterocycles. The zero-order valence-corrected chi connectivity index (χ0v) is 13.5. The number of methoxy groups -OCH3 is 1. The number of rotatable bonds is 7. The molecule has 0 fully saturated rings. The van der Waals surface area contributed by atoms with Crippen molar-refractivity contribution in [2.75, 3.05) is 13.7 Å². The predicted molar refractivity (Wildman–Crippen MR) is 90.9 cm³/mol. The lowest BCUT2D eigenvalue weighted by Gasteiger charge is -2.13. The number of para-hydroxylation sites is 1. The maximum absolute atomic E-state index is 12.6. The van der Waals surface area contributed by atoms with Crippen molar-refractivity contribution in [3.63, 3.8) is 0 Å². The largest absolute Gasteiger partial charge is 0.494 e. The molecule has 1 aromatic carbocycles. The number of aromatic nitrogens is 1. The first kappa shape index (κ1) is 15.9. The monoisotopic (exact) mass is 322 g/mol. The molecule has 1 aromatic heterocycles. The number of ether oxygens (including phenoxy) is 1. The van der Waals surface area contributed by atoms with E-state index in [9.17, 15) is 4.79 Å². The highest BCUT2D eigenvalue weighted by atomic mass is 16.5. The standard InChI is InChI=1S/C18H18N4O2/c1-3-4-9-18(21-22-18)10-11-19-17(23)16-13-7-5-6-8-14(13)20-12-15(16)24-2/h1,5-8,12H,4,9-11H2,2H3,(H,19,23). The highest BCUT2D eigenvalue weighted by molar-refractivity contribution is 6.08. The van der Waals surface area contributed by atoms with Crippen LogP contribution in [0.3, 0.4) is 0 Å². The number of nitrogens with zero attached hydrogens (tertiary/aromatic N) is 3. The summed E-state index contributed by atoms with van der Waals surface area (Å²) in [4.78, 5) is 17.0. The Bertz CT molecular complexity index is 833. The van der Waals surface area contributed by atoms with Crippen molar-refractivity contribution in [1.29, 1.82) is 0 Å². The lowest BCUT2D eigenvalue weighted by Crippen LogP contribution is -2.28. The molecule has 1 amide bonds. The summed E-state index contributed by atoms with van der Waals surface area (Å²) in [6.07, 6.45) is 8.84. The summed E-state index contributed by atoms with van der Waals surface area (Å²) in [6, 6.07) is 7.48. The molecule has 6 heteroatoms. The Balaban J connectivity index is 1.71. The smallest absolute Gasteiger partial charge is 0.255 e. The van der Waals surface area contributed by atoms with Gasteiger partial charge in [-0.25, -0.2) is 0 Å². The second-order valence-corrected chi connectivity index (χ2v) is 5.61. The number of hydrogen-bond donors (Lipinski definition) is 1. The van der Waals surface area contributed by atoms with Gasteiger partial charge < -0.3 is 10.1 Å². The highest BCUT2D eigenvalue weighted by Gasteiger charge is 2.38. The Morgan fingerprint density at radius 2 is 2.12 bits per heavy atom. The summed E-state index contributed by atoms with van der Waals surface area (Å²) in [5.74, 6) is 2.85. The number of carbonyl (C=O) groups is 1. The fraction of sp³-hybridized carbons (Fsp3) is 0.333. The minimum atomic E-state index is -0.399. The fourth-order valence-electron chi connectivity index (χ4n) is 2.64. The van der Waals surface area contributed by atoms with Crippen molar-refractivity contribution in [2.24, 2.45) is 10.2 Å². The Kier molecular flexibility index (Phi) is 4.43. The Morgan fingerprint density at radius 1 is 1.33 bits per heavy atom. The minimum Gasteiger partial charge on any atom is -0.494 e. The molecule has 0 spiro atoms. The molecule has 3 rings (SSSR count). The van der Waals surface area contributed by atoms with Gasteiger partial charge in [0.15, 0.2) is 11.4 Å². The van der Waals surface area contributed by atoms with Crippen LogP contribution in [0.5, 0.6) is 5.75 Å². The van der Waals surface area contributed by atoms with E-state index in [-0.39, 0.29) is 5.91 Å². The lowest BCUT2D eigenvalue weighted by atomic mass is 10.0. The van der Waals surface area contributed by atoms with Gasteiger partial charge in [0.05, 0.1) is 24.4 Å². The van der Waals surface area contributed by atoms with E-state index in [1.807, 2.05) is 24.3 Å². The quantitative estimate of drug-likeness (QED) is 0.796. The van der Waals surface area contributed by atoms with Gasteiger partial charge in [-0.2, -0.15) is 10.2 Å². The van der Waals surface area contributed by atoms with Crippen molar-refractivity contribution in [2.45, 2.75) is 24.9 Å². The van der Waals surface area contributed by atoms with Crippen LogP contribution in [0.4, 0.5) is 0 Å². The number of hydrogen-bond acceptors (Lipinski definition) is 5. The van der Waals surface area contributed by atoms with Gasteiger partial charge in [0.25, 0.3) is 5.91 Å². The van der Waals surface area contributed by atoms with Gasteiger partial charge >= 0.3 is 0 Å². The van der Waals surface area contributed by atoms with Crippen molar-refractivity contribution in [3.05, 3.63) is 36.0 Å². The van der Waals surface area contributed by atoms with Gasteiger partial charge in [-0.15, -0.1) is 12.3 Å². The van der Waals surface area contributed by atoms with Crippen LogP contribution in [-0.4, -0.2) is 30.2 Å².